The molecule has 1 aliphatic carbocycles. The first-order valence-electron chi connectivity index (χ1n) is 6.71. The van der Waals surface area contributed by atoms with Crippen molar-refractivity contribution < 1.29 is 24.0 Å². The van der Waals surface area contributed by atoms with Gasteiger partial charge in [-0.05, 0) is 18.2 Å². The summed E-state index contributed by atoms with van der Waals surface area (Å²) in [6, 6.07) is 6.41. The summed E-state index contributed by atoms with van der Waals surface area (Å²) in [4.78, 5) is 46.7. The van der Waals surface area contributed by atoms with Crippen LogP contribution in [-0.4, -0.2) is 22.5 Å². The molecule has 112 valence electrons. The lowest BCUT2D eigenvalue weighted by molar-refractivity contribution is -0.384. The number of hydrogen-bond donors (Lipinski definition) is 0. The third kappa shape index (κ3) is 1.80. The Bertz CT molecular complexity index is 959. The molecule has 1 aliphatic heterocycles. The predicted octanol–water partition coefficient (Wildman–Crippen LogP) is 1.83. The lowest BCUT2D eigenvalue weighted by Gasteiger charge is -2.17. The number of ketones is 2. The Morgan fingerprint density at radius 2 is 1.57 bits per heavy atom. The minimum Gasteiger partial charge on any atom is -0.426 e. The second kappa shape index (κ2) is 4.33. The van der Waals surface area contributed by atoms with E-state index in [0.29, 0.717) is 5.56 Å². The lowest BCUT2D eigenvalue weighted by Crippen LogP contribution is -2.21. The first kappa shape index (κ1) is 13.3. The topological polar surface area (TPSA) is 104 Å². The number of benzene rings is 2. The molecule has 0 saturated heterocycles. The minimum atomic E-state index is -0.627. The molecule has 2 aromatic carbocycles. The summed E-state index contributed by atoms with van der Waals surface area (Å²) in [7, 11) is 0. The Kier molecular flexibility index (Phi) is 2.51. The van der Waals surface area contributed by atoms with Gasteiger partial charge < -0.3 is 4.74 Å². The van der Waals surface area contributed by atoms with Gasteiger partial charge in [-0.3, -0.25) is 24.5 Å². The number of hydrogen-bond acceptors (Lipinski definition) is 6. The van der Waals surface area contributed by atoms with E-state index in [9.17, 15) is 24.5 Å². The number of carbonyl (C=O) groups is 3. The van der Waals surface area contributed by atoms with Crippen molar-refractivity contribution in [2.75, 3.05) is 0 Å². The highest BCUT2D eigenvalue weighted by Crippen LogP contribution is 2.36. The molecule has 0 fully saturated rings. The summed E-state index contributed by atoms with van der Waals surface area (Å²) >= 11 is 0. The van der Waals surface area contributed by atoms with Crippen molar-refractivity contribution in [3.8, 4) is 5.75 Å². The smallest absolute Gasteiger partial charge is 0.315 e. The van der Waals surface area contributed by atoms with Crippen molar-refractivity contribution in [2.24, 2.45) is 0 Å². The van der Waals surface area contributed by atoms with Gasteiger partial charge >= 0.3 is 5.97 Å². The summed E-state index contributed by atoms with van der Waals surface area (Å²) in [5.41, 5.74) is 0.685. The van der Waals surface area contributed by atoms with E-state index in [-0.39, 0.29) is 40.1 Å². The van der Waals surface area contributed by atoms with Crippen LogP contribution in [0.25, 0.3) is 0 Å². The number of non-ortho nitro benzene ring substituents is 1. The largest absolute Gasteiger partial charge is 0.426 e. The predicted molar refractivity (Wildman–Crippen MR) is 75.7 cm³/mol. The summed E-state index contributed by atoms with van der Waals surface area (Å²) in [6.45, 7) is 0. The summed E-state index contributed by atoms with van der Waals surface area (Å²) in [5.74, 6) is -1.09. The van der Waals surface area contributed by atoms with Gasteiger partial charge in [0.25, 0.3) is 5.69 Å². The first-order chi connectivity index (χ1) is 11.0. The van der Waals surface area contributed by atoms with E-state index < -0.39 is 22.5 Å². The average Bonchev–Trinajstić information content (AvgIpc) is 2.89. The lowest BCUT2D eigenvalue weighted by atomic mass is 9.83. The minimum absolute atomic E-state index is 0.0130. The van der Waals surface area contributed by atoms with E-state index in [1.165, 1.54) is 24.3 Å². The maximum Gasteiger partial charge on any atom is 0.315 e. The standard InChI is InChI=1S/C16H7NO6/c18-14-4-7-3-10-12(6-13(7)23-14)16(20)11-5-8(17(21)22)1-2-9(11)15(10)19/h1-3,5-6H,4H2. The SMILES string of the molecule is O=C1Cc2cc3c(cc2O1)C(=O)c1cc([N+](=O)[O-])ccc1C3=O. The molecule has 0 saturated carbocycles. The number of fused-ring (bicyclic) bond motifs is 3. The molecule has 1 heterocycles. The molecular weight excluding hydrogens is 302 g/mol. The molecule has 7 heteroatoms. The highest BCUT2D eigenvalue weighted by molar-refractivity contribution is 6.28. The van der Waals surface area contributed by atoms with Crippen LogP contribution < -0.4 is 4.74 Å². The van der Waals surface area contributed by atoms with Crippen LogP contribution in [0.2, 0.25) is 0 Å². The molecule has 2 aliphatic rings. The first-order valence-corrected chi connectivity index (χ1v) is 6.71. The Balaban J connectivity index is 1.93. The number of esters is 1. The van der Waals surface area contributed by atoms with Crippen LogP contribution >= 0.6 is 0 Å². The Morgan fingerprint density at radius 3 is 2.30 bits per heavy atom. The zero-order valence-corrected chi connectivity index (χ0v) is 11.5. The monoisotopic (exact) mass is 309 g/mol. The summed E-state index contributed by atoms with van der Waals surface area (Å²) in [6.07, 6.45) is 0.0528. The summed E-state index contributed by atoms with van der Waals surface area (Å²) in [5, 5.41) is 10.9. The van der Waals surface area contributed by atoms with Crippen LogP contribution in [0.15, 0.2) is 30.3 Å². The molecule has 0 N–H and O–H groups in total. The van der Waals surface area contributed by atoms with Gasteiger partial charge in [-0.25, -0.2) is 0 Å². The molecule has 0 atom stereocenters. The normalized spacial score (nSPS) is 14.9. The van der Waals surface area contributed by atoms with E-state index in [0.717, 1.165) is 6.07 Å². The Labute approximate surface area is 128 Å². The van der Waals surface area contributed by atoms with Crippen molar-refractivity contribution in [3.05, 3.63) is 68.3 Å². The molecule has 0 bridgehead atoms. The summed E-state index contributed by atoms with van der Waals surface area (Å²) < 4.78 is 5.00. The molecule has 23 heavy (non-hydrogen) atoms. The van der Waals surface area contributed by atoms with Gasteiger partial charge in [0.2, 0.25) is 0 Å². The fourth-order valence-corrected chi connectivity index (χ4v) is 2.87. The van der Waals surface area contributed by atoms with Crippen molar-refractivity contribution in [1.29, 1.82) is 0 Å². The Morgan fingerprint density at radius 1 is 0.913 bits per heavy atom. The van der Waals surface area contributed by atoms with E-state index in [4.69, 9.17) is 4.74 Å². The van der Waals surface area contributed by atoms with E-state index in [2.05, 4.69) is 0 Å². The van der Waals surface area contributed by atoms with Crippen LogP contribution in [-0.2, 0) is 11.2 Å². The highest BCUT2D eigenvalue weighted by Gasteiger charge is 2.34. The molecule has 0 spiro atoms. The van der Waals surface area contributed by atoms with Crippen molar-refractivity contribution >= 4 is 23.2 Å². The number of rotatable bonds is 1. The molecule has 2 aromatic rings. The van der Waals surface area contributed by atoms with Crippen molar-refractivity contribution in [2.45, 2.75) is 6.42 Å². The van der Waals surface area contributed by atoms with Gasteiger partial charge in [-0.2, -0.15) is 0 Å². The van der Waals surface area contributed by atoms with Crippen LogP contribution in [0, 0.1) is 10.1 Å². The van der Waals surface area contributed by atoms with E-state index in [1.54, 1.807) is 0 Å². The second-order valence-corrected chi connectivity index (χ2v) is 5.30. The van der Waals surface area contributed by atoms with Gasteiger partial charge in [-0.1, -0.05) is 0 Å². The van der Waals surface area contributed by atoms with Crippen LogP contribution in [0.1, 0.15) is 37.4 Å². The maximum absolute atomic E-state index is 12.6. The molecule has 0 radical (unpaired) electrons. The molecule has 4 rings (SSSR count). The van der Waals surface area contributed by atoms with Gasteiger partial charge in [0, 0.05) is 39.9 Å². The molecular formula is C16H7NO6. The molecule has 0 amide bonds. The van der Waals surface area contributed by atoms with Gasteiger partial charge in [0.1, 0.15) is 5.75 Å². The van der Waals surface area contributed by atoms with Crippen LogP contribution in [0.5, 0.6) is 5.75 Å². The van der Waals surface area contributed by atoms with Crippen LogP contribution in [0.3, 0.4) is 0 Å². The fraction of sp³-hybridized carbons (Fsp3) is 0.0625. The average molecular weight is 309 g/mol. The molecule has 7 nitrogen and oxygen atoms in total. The third-order valence-corrected chi connectivity index (χ3v) is 3.95. The number of carbonyl (C=O) groups excluding carboxylic acids is 3. The molecule has 0 aromatic heterocycles. The fourth-order valence-electron chi connectivity index (χ4n) is 2.87. The number of nitro benzene ring substituents is 1. The highest BCUT2D eigenvalue weighted by atomic mass is 16.6. The van der Waals surface area contributed by atoms with Gasteiger partial charge in [0.15, 0.2) is 11.6 Å². The third-order valence-electron chi connectivity index (χ3n) is 3.95. The number of nitro groups is 1. The van der Waals surface area contributed by atoms with E-state index in [1.807, 2.05) is 0 Å². The van der Waals surface area contributed by atoms with Crippen molar-refractivity contribution in [1.82, 2.24) is 0 Å². The van der Waals surface area contributed by atoms with Crippen molar-refractivity contribution in [3.63, 3.8) is 0 Å². The van der Waals surface area contributed by atoms with Gasteiger partial charge in [-0.15, -0.1) is 0 Å². The molecule has 0 unspecified atom stereocenters. The maximum atomic E-state index is 12.6. The zero-order chi connectivity index (χ0) is 16.3. The van der Waals surface area contributed by atoms with Gasteiger partial charge in [0.05, 0.1) is 11.3 Å². The Hall–Kier alpha value is -3.35. The second-order valence-electron chi connectivity index (χ2n) is 5.30. The van der Waals surface area contributed by atoms with E-state index >= 15 is 0 Å². The number of nitrogens with zero attached hydrogens (tertiary/aromatic N) is 1. The number of ether oxygens (including phenoxy) is 1. The quantitative estimate of drug-likeness (QED) is 0.294. The van der Waals surface area contributed by atoms with Crippen LogP contribution in [0.4, 0.5) is 5.69 Å². The zero-order valence-electron chi connectivity index (χ0n) is 11.5.